The van der Waals surface area contributed by atoms with E-state index in [2.05, 4.69) is 36.3 Å². The minimum absolute atomic E-state index is 0.0965. The van der Waals surface area contributed by atoms with Gasteiger partial charge in [-0.05, 0) is 56.1 Å². The Bertz CT molecular complexity index is 1160. The van der Waals surface area contributed by atoms with Gasteiger partial charge in [0.15, 0.2) is 0 Å². The number of rotatable bonds is 13. The number of aromatic nitrogens is 1. The summed E-state index contributed by atoms with van der Waals surface area (Å²) >= 11 is 7.15. The Balaban J connectivity index is 1.61. The van der Waals surface area contributed by atoms with E-state index < -0.39 is 0 Å². The molecule has 2 aromatic carbocycles. The molecule has 3 aromatic rings. The van der Waals surface area contributed by atoms with Gasteiger partial charge in [-0.15, -0.1) is 0 Å². The number of fused-ring (bicyclic) bond motifs is 1. The van der Waals surface area contributed by atoms with Crippen LogP contribution in [0, 0.1) is 0 Å². The molecule has 0 aliphatic rings. The van der Waals surface area contributed by atoms with Crippen LogP contribution in [0.15, 0.2) is 41.2 Å². The number of aromatic amines is 1. The van der Waals surface area contributed by atoms with Crippen LogP contribution in [0.4, 0.5) is 0 Å². The van der Waals surface area contributed by atoms with E-state index in [9.17, 15) is 14.7 Å². The second-order valence-electron chi connectivity index (χ2n) is 9.04. The number of nitrogens with zero attached hydrogens (tertiary/aromatic N) is 1. The van der Waals surface area contributed by atoms with Crippen molar-refractivity contribution in [2.75, 3.05) is 32.7 Å². The molecule has 0 radical (unpaired) electrons. The Labute approximate surface area is 209 Å². The molecule has 1 unspecified atom stereocenters. The highest BCUT2D eigenvalue weighted by molar-refractivity contribution is 7.16. The van der Waals surface area contributed by atoms with Crippen molar-refractivity contribution in [2.45, 2.75) is 39.2 Å². The van der Waals surface area contributed by atoms with E-state index in [0.29, 0.717) is 24.5 Å². The number of carbonyl (C=O) groups is 1. The molecule has 0 saturated heterocycles. The number of hydrogen-bond donors (Lipinski definition) is 4. The summed E-state index contributed by atoms with van der Waals surface area (Å²) in [7, 11) is 0. The highest BCUT2D eigenvalue weighted by Crippen LogP contribution is 2.27. The zero-order valence-electron chi connectivity index (χ0n) is 19.8. The van der Waals surface area contributed by atoms with Crippen LogP contribution in [0.1, 0.15) is 31.4 Å². The fraction of sp³-hybridized carbons (Fsp3) is 0.440. The van der Waals surface area contributed by atoms with E-state index in [-0.39, 0.29) is 16.5 Å². The maximum atomic E-state index is 11.7. The molecular formula is C25H34ClN4O3S+. The number of halogens is 1. The van der Waals surface area contributed by atoms with E-state index in [1.54, 1.807) is 6.07 Å². The summed E-state index contributed by atoms with van der Waals surface area (Å²) in [6.45, 7) is 8.43. The van der Waals surface area contributed by atoms with Gasteiger partial charge in [0.05, 0.1) is 36.8 Å². The second-order valence-corrected chi connectivity index (χ2v) is 10.5. The number of amides is 1. The first-order valence-electron chi connectivity index (χ1n) is 11.6. The van der Waals surface area contributed by atoms with Crippen molar-refractivity contribution in [1.29, 1.82) is 0 Å². The van der Waals surface area contributed by atoms with Crippen LogP contribution in [0.5, 0.6) is 5.75 Å². The van der Waals surface area contributed by atoms with Gasteiger partial charge in [0, 0.05) is 18.0 Å². The minimum atomic E-state index is -0.274. The Morgan fingerprint density at radius 1 is 1.12 bits per heavy atom. The number of benzene rings is 2. The molecule has 7 nitrogen and oxygen atoms in total. The van der Waals surface area contributed by atoms with E-state index in [0.717, 1.165) is 70.1 Å². The number of hydrogen-bond acceptors (Lipinski definition) is 5. The first-order chi connectivity index (χ1) is 16.2. The van der Waals surface area contributed by atoms with Gasteiger partial charge in [-0.1, -0.05) is 41.1 Å². The number of quaternary nitrogens is 1. The third-order valence-electron chi connectivity index (χ3n) is 6.60. The van der Waals surface area contributed by atoms with Crippen LogP contribution in [-0.4, -0.2) is 59.2 Å². The van der Waals surface area contributed by atoms with Gasteiger partial charge in [0.25, 0.3) is 0 Å². The lowest BCUT2D eigenvalue weighted by Crippen LogP contribution is -2.58. The van der Waals surface area contributed by atoms with Crippen LogP contribution in [0.25, 0.3) is 10.2 Å². The first-order valence-corrected chi connectivity index (χ1v) is 12.8. The maximum absolute atomic E-state index is 11.7. The molecule has 1 amide bonds. The summed E-state index contributed by atoms with van der Waals surface area (Å²) in [5.41, 5.74) is 8.27. The third-order valence-corrected chi connectivity index (χ3v) is 7.81. The predicted molar refractivity (Wildman–Crippen MR) is 140 cm³/mol. The molecule has 0 bridgehead atoms. The number of phenols is 1. The van der Waals surface area contributed by atoms with Gasteiger partial charge in [0.2, 0.25) is 5.91 Å². The molecule has 0 aliphatic carbocycles. The largest absolute Gasteiger partial charge is 0.506 e. The molecule has 0 fully saturated rings. The third kappa shape index (κ3) is 6.82. The first kappa shape index (κ1) is 26.2. The number of H-pyrrole nitrogens is 1. The molecule has 1 atom stereocenters. The van der Waals surface area contributed by atoms with Gasteiger partial charge in [-0.2, -0.15) is 0 Å². The summed E-state index contributed by atoms with van der Waals surface area (Å²) in [5.74, 6) is -0.177. The average Bonchev–Trinajstić information content (AvgIpc) is 3.19. The lowest BCUT2D eigenvalue weighted by molar-refractivity contribution is -0.946. The van der Waals surface area contributed by atoms with Gasteiger partial charge in [-0.3, -0.25) is 9.59 Å². The van der Waals surface area contributed by atoms with E-state index in [4.69, 9.17) is 17.3 Å². The van der Waals surface area contributed by atoms with Crippen LogP contribution in [-0.2, 0) is 17.6 Å². The van der Waals surface area contributed by atoms with Gasteiger partial charge in [0.1, 0.15) is 11.3 Å². The molecule has 0 saturated carbocycles. The Morgan fingerprint density at radius 3 is 2.53 bits per heavy atom. The van der Waals surface area contributed by atoms with Crippen molar-refractivity contribution < 1.29 is 14.4 Å². The lowest BCUT2D eigenvalue weighted by atomic mass is 10.1. The molecule has 3 rings (SSSR count). The van der Waals surface area contributed by atoms with E-state index in [1.165, 1.54) is 5.56 Å². The van der Waals surface area contributed by atoms with Crippen molar-refractivity contribution in [1.82, 2.24) is 10.3 Å². The number of phenolic OH excluding ortho intramolecular Hbond substituents is 1. The predicted octanol–water partition coefficient (Wildman–Crippen LogP) is 3.42. The van der Waals surface area contributed by atoms with Crippen LogP contribution >= 0.6 is 22.9 Å². The van der Waals surface area contributed by atoms with Crippen molar-refractivity contribution in [2.24, 2.45) is 5.73 Å². The van der Waals surface area contributed by atoms with Crippen molar-refractivity contribution in [3.05, 3.63) is 62.2 Å². The van der Waals surface area contributed by atoms with E-state index >= 15 is 0 Å². The number of thiazole rings is 1. The van der Waals surface area contributed by atoms with Gasteiger partial charge < -0.3 is 25.6 Å². The number of nitrogens with one attached hydrogen (secondary N) is 2. The zero-order chi connectivity index (χ0) is 24.7. The summed E-state index contributed by atoms with van der Waals surface area (Å²) in [6.07, 6.45) is 2.00. The summed E-state index contributed by atoms with van der Waals surface area (Å²) in [5, 5.41) is 14.2. The lowest BCUT2D eigenvalue weighted by Gasteiger charge is -2.42. The molecular weight excluding hydrogens is 472 g/mol. The van der Waals surface area contributed by atoms with E-state index in [1.807, 2.05) is 18.2 Å². The molecule has 34 heavy (non-hydrogen) atoms. The average molecular weight is 506 g/mol. The van der Waals surface area contributed by atoms with Crippen molar-refractivity contribution in [3.8, 4) is 5.75 Å². The number of primary amides is 1. The molecule has 0 aliphatic heterocycles. The summed E-state index contributed by atoms with van der Waals surface area (Å²) in [6, 6.07) is 11.8. The fourth-order valence-corrected chi connectivity index (χ4v) is 5.39. The van der Waals surface area contributed by atoms with Crippen LogP contribution < -0.4 is 15.9 Å². The molecule has 5 N–H and O–H groups in total. The highest BCUT2D eigenvalue weighted by atomic mass is 35.5. The minimum Gasteiger partial charge on any atom is -0.506 e. The standard InChI is InChI=1S/C25H33ClN4O3S/c1-17(2)30(15-11-22(27)32,14-10-18-3-6-20(26)7-4-18)16-13-28-12-9-19-5-8-21(31)23-24(19)34-25(33)29-23/h3-8,17,28H,9-16H2,1-2H3,(H3-,27,29,31,32,33)/p+1. The smallest absolute Gasteiger partial charge is 0.305 e. The maximum Gasteiger partial charge on any atom is 0.305 e. The van der Waals surface area contributed by atoms with Gasteiger partial charge >= 0.3 is 4.87 Å². The van der Waals surface area contributed by atoms with Gasteiger partial charge in [-0.25, -0.2) is 0 Å². The summed E-state index contributed by atoms with van der Waals surface area (Å²) < 4.78 is 1.60. The number of nitrogens with two attached hydrogens (primary N) is 1. The number of aromatic hydroxyl groups is 1. The normalized spacial score (nSPS) is 13.4. The number of carbonyl (C=O) groups excluding carboxylic acids is 1. The van der Waals surface area contributed by atoms with Crippen LogP contribution in [0.2, 0.25) is 5.02 Å². The summed E-state index contributed by atoms with van der Waals surface area (Å²) in [4.78, 5) is 25.8. The monoisotopic (exact) mass is 505 g/mol. The van der Waals surface area contributed by atoms with Crippen molar-refractivity contribution >= 4 is 39.1 Å². The highest BCUT2D eigenvalue weighted by Gasteiger charge is 2.31. The molecule has 9 heteroatoms. The Kier molecular flexibility index (Phi) is 9.13. The van der Waals surface area contributed by atoms with Crippen molar-refractivity contribution in [3.63, 3.8) is 0 Å². The zero-order valence-corrected chi connectivity index (χ0v) is 21.3. The topological polar surface area (TPSA) is 108 Å². The molecule has 0 spiro atoms. The molecule has 1 aromatic heterocycles. The SMILES string of the molecule is CC(C)[N+](CCNCCc1ccc(O)c2[nH]c(=O)sc12)(CCC(N)=O)CCc1ccc(Cl)cc1. The Morgan fingerprint density at radius 2 is 1.85 bits per heavy atom. The second kappa shape index (κ2) is 11.8. The molecule has 1 heterocycles. The van der Waals surface area contributed by atoms with Crippen LogP contribution in [0.3, 0.4) is 0 Å². The Hall–Kier alpha value is -2.39. The molecule has 184 valence electrons. The fourth-order valence-electron chi connectivity index (χ4n) is 4.37. The quantitative estimate of drug-likeness (QED) is 0.211.